The molecule has 4 heteroatoms. The molecule has 27 heavy (non-hydrogen) atoms. The van der Waals surface area contributed by atoms with E-state index < -0.39 is 0 Å². The molecule has 0 saturated heterocycles. The molecule has 0 atom stereocenters. The molecule has 0 radical (unpaired) electrons. The Kier molecular flexibility index (Phi) is 6.10. The van der Waals surface area contributed by atoms with Crippen LogP contribution >= 0.6 is 0 Å². The van der Waals surface area contributed by atoms with Gasteiger partial charge in [0.2, 0.25) is 0 Å². The van der Waals surface area contributed by atoms with Crippen molar-refractivity contribution in [2.75, 3.05) is 11.9 Å². The van der Waals surface area contributed by atoms with Crippen molar-refractivity contribution < 1.29 is 14.3 Å². The number of anilines is 1. The first-order chi connectivity index (χ1) is 13.1. The summed E-state index contributed by atoms with van der Waals surface area (Å²) < 4.78 is 11.4. The van der Waals surface area contributed by atoms with E-state index in [4.69, 9.17) is 9.47 Å². The minimum atomic E-state index is -0.165. The molecule has 0 fully saturated rings. The molecule has 4 nitrogen and oxygen atoms in total. The van der Waals surface area contributed by atoms with Crippen molar-refractivity contribution >= 4 is 11.6 Å². The number of para-hydroxylation sites is 1. The summed E-state index contributed by atoms with van der Waals surface area (Å²) in [5, 5.41) is 2.88. The zero-order valence-corrected chi connectivity index (χ0v) is 15.5. The summed E-state index contributed by atoms with van der Waals surface area (Å²) >= 11 is 0. The zero-order valence-electron chi connectivity index (χ0n) is 15.5. The number of benzene rings is 3. The van der Waals surface area contributed by atoms with E-state index in [1.165, 1.54) is 0 Å². The van der Waals surface area contributed by atoms with Crippen molar-refractivity contribution in [1.29, 1.82) is 0 Å². The SMILES string of the molecule is CC(C)COc1ccc(C(=O)Nc2ccc(Oc3ccccc3)cc2)cc1. The summed E-state index contributed by atoms with van der Waals surface area (Å²) in [6, 6.07) is 24.0. The highest BCUT2D eigenvalue weighted by atomic mass is 16.5. The van der Waals surface area contributed by atoms with Gasteiger partial charge in [-0.1, -0.05) is 32.0 Å². The van der Waals surface area contributed by atoms with Crippen LogP contribution in [0.2, 0.25) is 0 Å². The van der Waals surface area contributed by atoms with Crippen LogP contribution < -0.4 is 14.8 Å². The summed E-state index contributed by atoms with van der Waals surface area (Å²) in [4.78, 5) is 12.4. The highest BCUT2D eigenvalue weighted by molar-refractivity contribution is 6.04. The maximum absolute atomic E-state index is 12.4. The molecular formula is C23H23NO3. The minimum absolute atomic E-state index is 0.165. The lowest BCUT2D eigenvalue weighted by Crippen LogP contribution is -2.11. The third-order valence-electron chi connectivity index (χ3n) is 3.79. The van der Waals surface area contributed by atoms with E-state index in [2.05, 4.69) is 19.2 Å². The van der Waals surface area contributed by atoms with Crippen LogP contribution in [0, 0.1) is 5.92 Å². The van der Waals surface area contributed by atoms with Crippen molar-refractivity contribution in [3.63, 3.8) is 0 Å². The normalized spacial score (nSPS) is 10.5. The molecule has 138 valence electrons. The Morgan fingerprint density at radius 1 is 0.815 bits per heavy atom. The highest BCUT2D eigenvalue weighted by Crippen LogP contribution is 2.23. The van der Waals surface area contributed by atoms with Crippen molar-refractivity contribution in [3.05, 3.63) is 84.4 Å². The summed E-state index contributed by atoms with van der Waals surface area (Å²) in [5.74, 6) is 2.55. The summed E-state index contributed by atoms with van der Waals surface area (Å²) in [6.45, 7) is 4.85. The molecule has 0 aliphatic heterocycles. The summed E-state index contributed by atoms with van der Waals surface area (Å²) in [6.07, 6.45) is 0. The van der Waals surface area contributed by atoms with Crippen LogP contribution in [0.5, 0.6) is 17.2 Å². The fraction of sp³-hybridized carbons (Fsp3) is 0.174. The second-order valence-corrected chi connectivity index (χ2v) is 6.62. The Hall–Kier alpha value is -3.27. The maximum Gasteiger partial charge on any atom is 0.255 e. The fourth-order valence-corrected chi connectivity index (χ4v) is 2.40. The van der Waals surface area contributed by atoms with Crippen LogP contribution in [-0.4, -0.2) is 12.5 Å². The van der Waals surface area contributed by atoms with Crippen LogP contribution in [0.15, 0.2) is 78.9 Å². The molecule has 0 aromatic heterocycles. The van der Waals surface area contributed by atoms with Crippen molar-refractivity contribution in [2.45, 2.75) is 13.8 Å². The molecular weight excluding hydrogens is 338 g/mol. The van der Waals surface area contributed by atoms with Crippen LogP contribution in [0.25, 0.3) is 0 Å². The van der Waals surface area contributed by atoms with Gasteiger partial charge in [-0.3, -0.25) is 4.79 Å². The lowest BCUT2D eigenvalue weighted by Gasteiger charge is -2.10. The van der Waals surface area contributed by atoms with Crippen molar-refractivity contribution in [2.24, 2.45) is 5.92 Å². The molecule has 0 aliphatic rings. The number of carbonyl (C=O) groups is 1. The number of ether oxygens (including phenoxy) is 2. The second kappa shape index (κ2) is 8.90. The average Bonchev–Trinajstić information content (AvgIpc) is 2.69. The van der Waals surface area contributed by atoms with Gasteiger partial charge in [-0.05, 0) is 66.6 Å². The molecule has 0 heterocycles. The molecule has 0 bridgehead atoms. The number of hydrogen-bond donors (Lipinski definition) is 1. The van der Waals surface area contributed by atoms with E-state index in [0.29, 0.717) is 29.5 Å². The molecule has 0 spiro atoms. The smallest absolute Gasteiger partial charge is 0.255 e. The predicted molar refractivity (Wildman–Crippen MR) is 108 cm³/mol. The largest absolute Gasteiger partial charge is 0.493 e. The van der Waals surface area contributed by atoms with Gasteiger partial charge >= 0.3 is 0 Å². The van der Waals surface area contributed by atoms with Crippen LogP contribution in [0.4, 0.5) is 5.69 Å². The van der Waals surface area contributed by atoms with Gasteiger partial charge < -0.3 is 14.8 Å². The Morgan fingerprint density at radius 3 is 2.04 bits per heavy atom. The Labute approximate surface area is 159 Å². The number of rotatable bonds is 7. The minimum Gasteiger partial charge on any atom is -0.493 e. The van der Waals surface area contributed by atoms with Gasteiger partial charge in [0.25, 0.3) is 5.91 Å². The standard InChI is InChI=1S/C23H23NO3/c1-17(2)16-26-20-12-8-18(9-13-20)23(25)24-19-10-14-22(15-11-19)27-21-6-4-3-5-7-21/h3-15,17H,16H2,1-2H3,(H,24,25). The summed E-state index contributed by atoms with van der Waals surface area (Å²) in [7, 11) is 0. The Balaban J connectivity index is 1.57. The van der Waals surface area contributed by atoms with E-state index in [1.807, 2.05) is 66.7 Å². The van der Waals surface area contributed by atoms with E-state index in [1.54, 1.807) is 12.1 Å². The molecule has 0 aliphatic carbocycles. The molecule has 1 amide bonds. The van der Waals surface area contributed by atoms with Crippen LogP contribution in [-0.2, 0) is 0 Å². The molecule has 1 N–H and O–H groups in total. The van der Waals surface area contributed by atoms with Gasteiger partial charge in [0.05, 0.1) is 6.61 Å². The molecule has 3 rings (SSSR count). The first-order valence-corrected chi connectivity index (χ1v) is 8.97. The fourth-order valence-electron chi connectivity index (χ4n) is 2.40. The van der Waals surface area contributed by atoms with Crippen molar-refractivity contribution in [1.82, 2.24) is 0 Å². The van der Waals surface area contributed by atoms with E-state index >= 15 is 0 Å². The van der Waals surface area contributed by atoms with Gasteiger partial charge in [0.1, 0.15) is 17.2 Å². The first-order valence-electron chi connectivity index (χ1n) is 8.97. The third kappa shape index (κ3) is 5.61. The Morgan fingerprint density at radius 2 is 1.41 bits per heavy atom. The van der Waals surface area contributed by atoms with E-state index in [0.717, 1.165) is 11.5 Å². The average molecular weight is 361 g/mol. The van der Waals surface area contributed by atoms with Gasteiger partial charge in [-0.15, -0.1) is 0 Å². The monoisotopic (exact) mass is 361 g/mol. The van der Waals surface area contributed by atoms with Gasteiger partial charge in [0.15, 0.2) is 0 Å². The van der Waals surface area contributed by atoms with Gasteiger partial charge in [-0.2, -0.15) is 0 Å². The van der Waals surface area contributed by atoms with Crippen molar-refractivity contribution in [3.8, 4) is 17.2 Å². The second-order valence-electron chi connectivity index (χ2n) is 6.62. The summed E-state index contributed by atoms with van der Waals surface area (Å²) in [5.41, 5.74) is 1.29. The lowest BCUT2D eigenvalue weighted by molar-refractivity contribution is 0.102. The quantitative estimate of drug-likeness (QED) is 0.581. The van der Waals surface area contributed by atoms with E-state index in [-0.39, 0.29) is 5.91 Å². The van der Waals surface area contributed by atoms with Crippen LogP contribution in [0.1, 0.15) is 24.2 Å². The predicted octanol–water partition coefficient (Wildman–Crippen LogP) is 5.77. The molecule has 3 aromatic rings. The van der Waals surface area contributed by atoms with Gasteiger partial charge in [0, 0.05) is 11.3 Å². The number of carbonyl (C=O) groups excluding carboxylic acids is 1. The topological polar surface area (TPSA) is 47.6 Å². The number of nitrogens with one attached hydrogen (secondary N) is 1. The zero-order chi connectivity index (χ0) is 19.1. The first kappa shape index (κ1) is 18.5. The molecule has 0 saturated carbocycles. The van der Waals surface area contributed by atoms with Gasteiger partial charge in [-0.25, -0.2) is 0 Å². The lowest BCUT2D eigenvalue weighted by atomic mass is 10.2. The maximum atomic E-state index is 12.4. The van der Waals surface area contributed by atoms with Crippen LogP contribution in [0.3, 0.4) is 0 Å². The third-order valence-corrected chi connectivity index (χ3v) is 3.79. The molecule has 0 unspecified atom stereocenters. The Bertz CT molecular complexity index is 856. The number of amides is 1. The highest BCUT2D eigenvalue weighted by Gasteiger charge is 2.07. The molecule has 3 aromatic carbocycles. The number of hydrogen-bond acceptors (Lipinski definition) is 3. The van der Waals surface area contributed by atoms with E-state index in [9.17, 15) is 4.79 Å².